The molecule has 0 unspecified atom stereocenters. The normalized spacial score (nSPS) is 11.7. The van der Waals surface area contributed by atoms with E-state index in [9.17, 15) is 14.4 Å². The number of fused-ring (bicyclic) bond motifs is 1. The summed E-state index contributed by atoms with van der Waals surface area (Å²) in [6.45, 7) is 6.34. The zero-order chi connectivity index (χ0) is 18.9. The fourth-order valence-corrected chi connectivity index (χ4v) is 3.49. The van der Waals surface area contributed by atoms with E-state index in [0.717, 1.165) is 5.69 Å². The molecule has 0 bridgehead atoms. The first kappa shape index (κ1) is 18.1. The molecular formula is C18H20N4O3S. The summed E-state index contributed by atoms with van der Waals surface area (Å²) in [5.74, 6) is -0.234. The largest absolute Gasteiger partial charge is 0.328 e. The molecule has 3 aromatic rings. The van der Waals surface area contributed by atoms with E-state index in [1.54, 1.807) is 24.3 Å². The van der Waals surface area contributed by atoms with E-state index in [2.05, 4.69) is 36.1 Å². The van der Waals surface area contributed by atoms with E-state index >= 15 is 0 Å². The average molecular weight is 372 g/mol. The van der Waals surface area contributed by atoms with Crippen molar-refractivity contribution in [1.29, 1.82) is 0 Å². The number of thiazole rings is 1. The Hall–Kier alpha value is -2.74. The van der Waals surface area contributed by atoms with Gasteiger partial charge in [0.15, 0.2) is 5.13 Å². The third kappa shape index (κ3) is 3.75. The van der Waals surface area contributed by atoms with Gasteiger partial charge < -0.3 is 5.32 Å². The van der Waals surface area contributed by atoms with Gasteiger partial charge in [0.1, 0.15) is 0 Å². The average Bonchev–Trinajstić information content (AvgIpc) is 3.03. The number of amides is 1. The quantitative estimate of drug-likeness (QED) is 0.735. The highest BCUT2D eigenvalue weighted by molar-refractivity contribution is 7.13. The molecule has 2 N–H and O–H groups in total. The number of carbonyl (C=O) groups is 1. The third-order valence-corrected chi connectivity index (χ3v) is 4.74. The molecular weight excluding hydrogens is 352 g/mol. The lowest BCUT2D eigenvalue weighted by molar-refractivity contribution is -0.116. The molecule has 0 saturated heterocycles. The summed E-state index contributed by atoms with van der Waals surface area (Å²) in [6.07, 6.45) is 0.0976. The molecule has 7 nitrogen and oxygen atoms in total. The maximum absolute atomic E-state index is 12.2. The molecule has 2 aromatic heterocycles. The molecule has 0 aliphatic rings. The number of H-pyrrole nitrogens is 1. The number of aryl methyl sites for hydroxylation is 1. The van der Waals surface area contributed by atoms with Crippen molar-refractivity contribution >= 4 is 33.3 Å². The van der Waals surface area contributed by atoms with Crippen LogP contribution in [0.25, 0.3) is 10.9 Å². The minimum Gasteiger partial charge on any atom is -0.302 e. The van der Waals surface area contributed by atoms with Crippen molar-refractivity contribution in [3.05, 3.63) is 56.2 Å². The number of nitrogens with zero attached hydrogens (tertiary/aromatic N) is 2. The van der Waals surface area contributed by atoms with E-state index in [1.165, 1.54) is 15.9 Å². The minimum atomic E-state index is -0.522. The molecule has 8 heteroatoms. The van der Waals surface area contributed by atoms with Crippen LogP contribution in [0.1, 0.15) is 32.9 Å². The maximum atomic E-state index is 12.2. The first-order chi connectivity index (χ1) is 12.3. The van der Waals surface area contributed by atoms with Gasteiger partial charge in [0.25, 0.3) is 5.56 Å². The van der Waals surface area contributed by atoms with E-state index in [0.29, 0.717) is 16.0 Å². The summed E-state index contributed by atoms with van der Waals surface area (Å²) in [7, 11) is 0. The summed E-state index contributed by atoms with van der Waals surface area (Å²) in [5.41, 5.74) is 0.398. The van der Waals surface area contributed by atoms with Gasteiger partial charge in [0.05, 0.1) is 16.6 Å². The maximum Gasteiger partial charge on any atom is 0.328 e. The number of aromatic nitrogens is 3. The van der Waals surface area contributed by atoms with Crippen LogP contribution < -0.4 is 16.6 Å². The van der Waals surface area contributed by atoms with Crippen molar-refractivity contribution in [2.75, 3.05) is 5.32 Å². The van der Waals surface area contributed by atoms with Crippen LogP contribution in [0.15, 0.2) is 39.2 Å². The molecule has 0 spiro atoms. The molecule has 0 aliphatic heterocycles. The van der Waals surface area contributed by atoms with Gasteiger partial charge in [-0.3, -0.25) is 19.1 Å². The molecule has 0 saturated carbocycles. The monoisotopic (exact) mass is 372 g/mol. The summed E-state index contributed by atoms with van der Waals surface area (Å²) in [5, 5.41) is 5.65. The molecule has 136 valence electrons. The molecule has 26 heavy (non-hydrogen) atoms. The Balaban J connectivity index is 1.74. The second kappa shape index (κ2) is 6.87. The molecule has 0 radical (unpaired) electrons. The van der Waals surface area contributed by atoms with Crippen LogP contribution in [0.4, 0.5) is 5.13 Å². The Morgan fingerprint density at radius 1 is 1.27 bits per heavy atom. The number of para-hydroxylation sites is 1. The fraction of sp³-hybridized carbons (Fsp3) is 0.333. The smallest absolute Gasteiger partial charge is 0.302 e. The zero-order valence-electron chi connectivity index (χ0n) is 14.8. The zero-order valence-corrected chi connectivity index (χ0v) is 15.6. The number of benzene rings is 1. The molecule has 3 rings (SSSR count). The van der Waals surface area contributed by atoms with Crippen molar-refractivity contribution in [2.24, 2.45) is 0 Å². The first-order valence-corrected chi connectivity index (χ1v) is 9.11. The van der Waals surface area contributed by atoms with Crippen molar-refractivity contribution in [1.82, 2.24) is 14.5 Å². The van der Waals surface area contributed by atoms with Crippen LogP contribution >= 0.6 is 11.3 Å². The second-order valence-corrected chi connectivity index (χ2v) is 7.87. The summed E-state index contributed by atoms with van der Waals surface area (Å²) < 4.78 is 1.40. The first-order valence-electron chi connectivity index (χ1n) is 8.23. The molecule has 0 atom stereocenters. The topological polar surface area (TPSA) is 96.9 Å². The van der Waals surface area contributed by atoms with Crippen LogP contribution in [-0.2, 0) is 16.8 Å². The van der Waals surface area contributed by atoms with Gasteiger partial charge in [-0.05, 0) is 12.1 Å². The van der Waals surface area contributed by atoms with Gasteiger partial charge in [0.2, 0.25) is 5.91 Å². The van der Waals surface area contributed by atoms with Crippen LogP contribution in [0.3, 0.4) is 0 Å². The Kier molecular flexibility index (Phi) is 4.78. The predicted molar refractivity (Wildman–Crippen MR) is 103 cm³/mol. The van der Waals surface area contributed by atoms with Crippen molar-refractivity contribution < 1.29 is 4.79 Å². The lowest BCUT2D eigenvalue weighted by Gasteiger charge is -2.14. The number of rotatable bonds is 4. The summed E-state index contributed by atoms with van der Waals surface area (Å²) in [6, 6.07) is 6.82. The minimum absolute atomic E-state index is 0.0817. The summed E-state index contributed by atoms with van der Waals surface area (Å²) in [4.78, 5) is 42.9. The van der Waals surface area contributed by atoms with Gasteiger partial charge in [0, 0.05) is 23.8 Å². The number of aromatic amines is 1. The highest BCUT2D eigenvalue weighted by Gasteiger charge is 2.18. The Morgan fingerprint density at radius 2 is 2.00 bits per heavy atom. The second-order valence-electron chi connectivity index (χ2n) is 7.01. The van der Waals surface area contributed by atoms with Gasteiger partial charge >= 0.3 is 5.69 Å². The van der Waals surface area contributed by atoms with Crippen LogP contribution in [0.2, 0.25) is 0 Å². The highest BCUT2D eigenvalue weighted by Crippen LogP contribution is 2.26. The van der Waals surface area contributed by atoms with Gasteiger partial charge in [-0.2, -0.15) is 0 Å². The van der Waals surface area contributed by atoms with Crippen molar-refractivity contribution in [3.63, 3.8) is 0 Å². The fourth-order valence-electron chi connectivity index (χ4n) is 2.54. The van der Waals surface area contributed by atoms with Crippen LogP contribution in [0.5, 0.6) is 0 Å². The standard InChI is InChI=1S/C18H20N4O3S/c1-18(2,3)13-10-26-16(19-13)20-14(23)8-9-22-12-7-5-4-6-11(12)15(24)21-17(22)25/h4-7,10H,8-9H2,1-3H3,(H,19,20,23)(H,21,24,25). The Labute approximate surface area is 153 Å². The Bertz CT molecular complexity index is 1070. The van der Waals surface area contributed by atoms with Crippen LogP contribution in [-0.4, -0.2) is 20.4 Å². The lowest BCUT2D eigenvalue weighted by atomic mass is 9.93. The molecule has 0 aliphatic carbocycles. The number of carbonyl (C=O) groups excluding carboxylic acids is 1. The SMILES string of the molecule is CC(C)(C)c1csc(NC(=O)CCn2c(=O)[nH]c(=O)c3ccccc32)n1. The van der Waals surface area contributed by atoms with E-state index in [1.807, 2.05) is 5.38 Å². The van der Waals surface area contributed by atoms with E-state index in [4.69, 9.17) is 0 Å². The van der Waals surface area contributed by atoms with E-state index < -0.39 is 11.2 Å². The number of anilines is 1. The number of hydrogen-bond acceptors (Lipinski definition) is 5. The molecule has 1 amide bonds. The van der Waals surface area contributed by atoms with E-state index in [-0.39, 0.29) is 24.3 Å². The third-order valence-electron chi connectivity index (χ3n) is 3.99. The molecule has 0 fully saturated rings. The molecule has 2 heterocycles. The number of nitrogens with one attached hydrogen (secondary N) is 2. The van der Waals surface area contributed by atoms with Gasteiger partial charge in [-0.15, -0.1) is 11.3 Å². The lowest BCUT2D eigenvalue weighted by Crippen LogP contribution is -2.31. The van der Waals surface area contributed by atoms with Gasteiger partial charge in [-0.1, -0.05) is 32.9 Å². The van der Waals surface area contributed by atoms with Crippen molar-refractivity contribution in [2.45, 2.75) is 39.2 Å². The highest BCUT2D eigenvalue weighted by atomic mass is 32.1. The van der Waals surface area contributed by atoms with Gasteiger partial charge in [-0.25, -0.2) is 9.78 Å². The number of hydrogen-bond donors (Lipinski definition) is 2. The van der Waals surface area contributed by atoms with Crippen molar-refractivity contribution in [3.8, 4) is 0 Å². The summed E-state index contributed by atoms with van der Waals surface area (Å²) >= 11 is 1.37. The van der Waals surface area contributed by atoms with Crippen LogP contribution in [0, 0.1) is 0 Å². The Morgan fingerprint density at radius 3 is 2.69 bits per heavy atom. The molecule has 1 aromatic carbocycles. The predicted octanol–water partition coefficient (Wildman–Crippen LogP) is 2.47.